The number of rotatable bonds is 7. The molecule has 1 atom stereocenters. The van der Waals surface area contributed by atoms with Gasteiger partial charge in [-0.25, -0.2) is 5.43 Å². The fourth-order valence-corrected chi connectivity index (χ4v) is 3.12. The maximum atomic E-state index is 12.4. The maximum absolute atomic E-state index is 12.4. The topological polar surface area (TPSA) is 71.0 Å². The van der Waals surface area contributed by atoms with Crippen LogP contribution in [0, 0.1) is 5.92 Å². The molecule has 1 aliphatic rings. The van der Waals surface area contributed by atoms with Crippen LogP contribution < -0.4 is 15.1 Å². The van der Waals surface area contributed by atoms with E-state index in [-0.39, 0.29) is 18.2 Å². The van der Waals surface area contributed by atoms with Crippen LogP contribution in [0.4, 0.5) is 5.69 Å². The number of aryl methyl sites for hydroxylation is 1. The zero-order valence-corrected chi connectivity index (χ0v) is 16.2. The molecule has 0 spiro atoms. The lowest BCUT2D eigenvalue weighted by atomic mass is 10.1. The monoisotopic (exact) mass is 379 g/mol. The van der Waals surface area contributed by atoms with Crippen LogP contribution in [0.1, 0.15) is 31.4 Å². The van der Waals surface area contributed by atoms with Gasteiger partial charge in [0.15, 0.2) is 0 Å². The molecule has 0 saturated carbocycles. The SMILES string of the molecule is CCOc1ccc(/C=N\NC(=O)[C@@H]2CC(=O)N(c3ccc(CC)cc3)C2)cc1. The van der Waals surface area contributed by atoms with E-state index in [9.17, 15) is 9.59 Å². The number of carbonyl (C=O) groups excluding carboxylic acids is 2. The van der Waals surface area contributed by atoms with Gasteiger partial charge in [-0.1, -0.05) is 19.1 Å². The van der Waals surface area contributed by atoms with Crippen LogP contribution in [0.3, 0.4) is 0 Å². The zero-order valence-electron chi connectivity index (χ0n) is 16.2. The number of hydrogen-bond acceptors (Lipinski definition) is 4. The van der Waals surface area contributed by atoms with Gasteiger partial charge in [0.05, 0.1) is 18.7 Å². The number of nitrogens with zero attached hydrogens (tertiary/aromatic N) is 2. The fourth-order valence-electron chi connectivity index (χ4n) is 3.12. The second-order valence-electron chi connectivity index (χ2n) is 6.66. The van der Waals surface area contributed by atoms with Crippen molar-refractivity contribution in [1.82, 2.24) is 5.43 Å². The molecule has 0 bridgehead atoms. The van der Waals surface area contributed by atoms with Crippen molar-refractivity contribution < 1.29 is 14.3 Å². The summed E-state index contributed by atoms with van der Waals surface area (Å²) in [7, 11) is 0. The van der Waals surface area contributed by atoms with E-state index in [4.69, 9.17) is 4.74 Å². The maximum Gasteiger partial charge on any atom is 0.245 e. The Balaban J connectivity index is 1.55. The van der Waals surface area contributed by atoms with Gasteiger partial charge in [0.2, 0.25) is 11.8 Å². The number of amides is 2. The summed E-state index contributed by atoms with van der Waals surface area (Å²) in [5, 5.41) is 4.01. The highest BCUT2D eigenvalue weighted by Crippen LogP contribution is 2.25. The van der Waals surface area contributed by atoms with Crippen LogP contribution in [0.25, 0.3) is 0 Å². The Kier molecular flexibility index (Phi) is 6.42. The highest BCUT2D eigenvalue weighted by Gasteiger charge is 2.35. The summed E-state index contributed by atoms with van der Waals surface area (Å²) >= 11 is 0. The minimum Gasteiger partial charge on any atom is -0.494 e. The molecule has 2 amide bonds. The van der Waals surface area contributed by atoms with Crippen molar-refractivity contribution in [2.24, 2.45) is 11.0 Å². The van der Waals surface area contributed by atoms with E-state index < -0.39 is 5.92 Å². The standard InChI is InChI=1S/C22H25N3O3/c1-3-16-5-9-19(10-6-16)25-15-18(13-21(25)26)22(27)24-23-14-17-7-11-20(12-8-17)28-4-2/h5-12,14,18H,3-4,13,15H2,1-2H3,(H,24,27)/b23-14-/t18-/m1/s1. The second kappa shape index (κ2) is 9.17. The lowest BCUT2D eigenvalue weighted by Crippen LogP contribution is -2.30. The summed E-state index contributed by atoms with van der Waals surface area (Å²) in [4.78, 5) is 26.4. The third-order valence-electron chi connectivity index (χ3n) is 4.73. The summed E-state index contributed by atoms with van der Waals surface area (Å²) in [6, 6.07) is 15.3. The molecule has 1 heterocycles. The molecule has 1 aliphatic heterocycles. The van der Waals surface area contributed by atoms with Gasteiger partial charge in [-0.05, 0) is 60.9 Å². The molecular formula is C22H25N3O3. The summed E-state index contributed by atoms with van der Waals surface area (Å²) in [6.07, 6.45) is 2.72. The molecule has 0 radical (unpaired) electrons. The molecule has 3 rings (SSSR count). The number of anilines is 1. The van der Waals surface area contributed by atoms with Crippen molar-refractivity contribution in [1.29, 1.82) is 0 Å². The molecule has 2 aromatic carbocycles. The normalized spacial score (nSPS) is 16.6. The zero-order chi connectivity index (χ0) is 19.9. The number of benzene rings is 2. The number of carbonyl (C=O) groups is 2. The van der Waals surface area contributed by atoms with Gasteiger partial charge in [-0.3, -0.25) is 9.59 Å². The molecule has 1 saturated heterocycles. The van der Waals surface area contributed by atoms with Crippen LogP contribution in [-0.2, 0) is 16.0 Å². The first-order chi connectivity index (χ1) is 13.6. The van der Waals surface area contributed by atoms with Crippen LogP contribution in [0.15, 0.2) is 53.6 Å². The predicted octanol–water partition coefficient (Wildman–Crippen LogP) is 3.15. The quantitative estimate of drug-likeness (QED) is 0.593. The van der Waals surface area contributed by atoms with Gasteiger partial charge in [0.25, 0.3) is 0 Å². The van der Waals surface area contributed by atoms with Gasteiger partial charge in [-0.2, -0.15) is 5.10 Å². The van der Waals surface area contributed by atoms with E-state index in [0.29, 0.717) is 13.2 Å². The minimum absolute atomic E-state index is 0.0418. The molecule has 0 aliphatic carbocycles. The molecule has 1 N–H and O–H groups in total. The first-order valence-corrected chi connectivity index (χ1v) is 9.55. The molecule has 146 valence electrons. The van der Waals surface area contributed by atoms with Gasteiger partial charge in [0, 0.05) is 18.7 Å². The Hall–Kier alpha value is -3.15. The average Bonchev–Trinajstić information content (AvgIpc) is 3.11. The lowest BCUT2D eigenvalue weighted by molar-refractivity contribution is -0.126. The van der Waals surface area contributed by atoms with Crippen LogP contribution >= 0.6 is 0 Å². The molecule has 0 unspecified atom stereocenters. The smallest absolute Gasteiger partial charge is 0.245 e. The van der Waals surface area contributed by atoms with Gasteiger partial charge in [0.1, 0.15) is 5.75 Å². The number of nitrogens with one attached hydrogen (secondary N) is 1. The summed E-state index contributed by atoms with van der Waals surface area (Å²) in [5.74, 6) is 0.0964. The molecule has 2 aromatic rings. The molecule has 1 fully saturated rings. The minimum atomic E-state index is -0.407. The van der Waals surface area contributed by atoms with E-state index in [1.807, 2.05) is 55.5 Å². The third-order valence-corrected chi connectivity index (χ3v) is 4.73. The molecule has 6 heteroatoms. The van der Waals surface area contributed by atoms with Crippen molar-refractivity contribution in [2.45, 2.75) is 26.7 Å². The van der Waals surface area contributed by atoms with Crippen molar-refractivity contribution in [3.8, 4) is 5.75 Å². The molecule has 28 heavy (non-hydrogen) atoms. The predicted molar refractivity (Wildman–Crippen MR) is 110 cm³/mol. The number of ether oxygens (including phenoxy) is 1. The number of hydrazone groups is 1. The van der Waals surface area contributed by atoms with Crippen molar-refractivity contribution in [2.75, 3.05) is 18.1 Å². The Morgan fingerprint density at radius 3 is 2.54 bits per heavy atom. The van der Waals surface area contributed by atoms with E-state index in [1.54, 1.807) is 11.1 Å². The summed E-state index contributed by atoms with van der Waals surface area (Å²) in [6.45, 7) is 5.00. The van der Waals surface area contributed by atoms with E-state index in [1.165, 1.54) is 5.56 Å². The summed E-state index contributed by atoms with van der Waals surface area (Å²) in [5.41, 5.74) is 5.44. The van der Waals surface area contributed by atoms with E-state index in [0.717, 1.165) is 23.4 Å². The Bertz CT molecular complexity index is 844. The Labute approximate surface area is 165 Å². The average molecular weight is 379 g/mol. The van der Waals surface area contributed by atoms with Crippen LogP contribution in [0.5, 0.6) is 5.75 Å². The van der Waals surface area contributed by atoms with Crippen LogP contribution in [-0.4, -0.2) is 31.2 Å². The second-order valence-corrected chi connectivity index (χ2v) is 6.66. The number of hydrogen-bond donors (Lipinski definition) is 1. The highest BCUT2D eigenvalue weighted by molar-refractivity contribution is 6.00. The highest BCUT2D eigenvalue weighted by atomic mass is 16.5. The first-order valence-electron chi connectivity index (χ1n) is 9.55. The van der Waals surface area contributed by atoms with E-state index >= 15 is 0 Å². The molecule has 0 aromatic heterocycles. The summed E-state index contributed by atoms with van der Waals surface area (Å²) < 4.78 is 5.39. The first kappa shape index (κ1) is 19.6. The van der Waals surface area contributed by atoms with Crippen molar-refractivity contribution in [3.63, 3.8) is 0 Å². The van der Waals surface area contributed by atoms with Gasteiger partial charge in [-0.15, -0.1) is 0 Å². The van der Waals surface area contributed by atoms with E-state index in [2.05, 4.69) is 17.5 Å². The Morgan fingerprint density at radius 1 is 1.18 bits per heavy atom. The molecular weight excluding hydrogens is 354 g/mol. The van der Waals surface area contributed by atoms with Crippen molar-refractivity contribution >= 4 is 23.7 Å². The largest absolute Gasteiger partial charge is 0.494 e. The fraction of sp³-hybridized carbons (Fsp3) is 0.318. The Morgan fingerprint density at radius 2 is 1.89 bits per heavy atom. The van der Waals surface area contributed by atoms with Gasteiger partial charge < -0.3 is 9.64 Å². The van der Waals surface area contributed by atoms with Crippen LogP contribution in [0.2, 0.25) is 0 Å². The lowest BCUT2D eigenvalue weighted by Gasteiger charge is -2.16. The third kappa shape index (κ3) is 4.76. The van der Waals surface area contributed by atoms with Crippen molar-refractivity contribution in [3.05, 3.63) is 59.7 Å². The molecule has 6 nitrogen and oxygen atoms in total. The van der Waals surface area contributed by atoms with Gasteiger partial charge >= 0.3 is 0 Å².